The maximum Gasteiger partial charge on any atom is 0.127 e. The maximum absolute atomic E-state index is 5.89. The summed E-state index contributed by atoms with van der Waals surface area (Å²) in [5, 5.41) is 0. The molecule has 0 aromatic heterocycles. The molecule has 46 heavy (non-hydrogen) atoms. The Labute approximate surface area is 276 Å². The second-order valence-corrected chi connectivity index (χ2v) is 12.9. The molecule has 2 nitrogen and oxygen atoms in total. The highest BCUT2D eigenvalue weighted by Gasteiger charge is 2.22. The highest BCUT2D eigenvalue weighted by atomic mass is 16.5. The largest absolute Gasteiger partial charge is 0.458 e. The number of ether oxygens (including phenoxy) is 2. The van der Waals surface area contributed by atoms with E-state index in [9.17, 15) is 0 Å². The second kappa shape index (κ2) is 15.1. The lowest BCUT2D eigenvalue weighted by molar-refractivity contribution is 0.304. The molecule has 5 rings (SSSR count). The van der Waals surface area contributed by atoms with Crippen molar-refractivity contribution in [2.45, 2.75) is 71.6 Å². The van der Waals surface area contributed by atoms with E-state index < -0.39 is 0 Å². The fourth-order valence-electron chi connectivity index (χ4n) is 6.30. The van der Waals surface area contributed by atoms with Gasteiger partial charge < -0.3 is 9.47 Å². The zero-order chi connectivity index (χ0) is 32.6. The Morgan fingerprint density at radius 2 is 1.07 bits per heavy atom. The van der Waals surface area contributed by atoms with Gasteiger partial charge in [-0.3, -0.25) is 0 Å². The van der Waals surface area contributed by atoms with Crippen LogP contribution in [0.5, 0.6) is 11.5 Å². The SMILES string of the molecule is C=C(C)C(=C)Oc1ccc(-c2ccc(-c3ccc(OC(=C)C(=C)C)cc3)c(-c3ccc(C4CCC(CCCC)CC4)cc3)c2)cc1. The van der Waals surface area contributed by atoms with Crippen LogP contribution >= 0.6 is 0 Å². The summed E-state index contributed by atoms with van der Waals surface area (Å²) in [7, 11) is 0. The Hall–Kier alpha value is -4.56. The summed E-state index contributed by atoms with van der Waals surface area (Å²) in [4.78, 5) is 0. The smallest absolute Gasteiger partial charge is 0.127 e. The third-order valence-electron chi connectivity index (χ3n) is 9.31. The molecular formula is C44H48O2. The van der Waals surface area contributed by atoms with Gasteiger partial charge in [-0.25, -0.2) is 0 Å². The van der Waals surface area contributed by atoms with Gasteiger partial charge in [-0.05, 0) is 132 Å². The lowest BCUT2D eigenvalue weighted by Crippen LogP contribution is -2.13. The van der Waals surface area contributed by atoms with Crippen LogP contribution < -0.4 is 9.47 Å². The minimum Gasteiger partial charge on any atom is -0.458 e. The van der Waals surface area contributed by atoms with Crippen LogP contribution in [0.2, 0.25) is 0 Å². The normalized spacial score (nSPS) is 16.0. The van der Waals surface area contributed by atoms with Crippen molar-refractivity contribution in [3.63, 3.8) is 0 Å². The third-order valence-corrected chi connectivity index (χ3v) is 9.31. The van der Waals surface area contributed by atoms with Gasteiger partial charge in [-0.2, -0.15) is 0 Å². The molecule has 0 saturated heterocycles. The van der Waals surface area contributed by atoms with Crippen molar-refractivity contribution in [1.82, 2.24) is 0 Å². The van der Waals surface area contributed by atoms with Crippen molar-refractivity contribution in [3.8, 4) is 44.9 Å². The van der Waals surface area contributed by atoms with Crippen molar-refractivity contribution >= 4 is 0 Å². The fraction of sp³-hybridized carbons (Fsp3) is 0.273. The van der Waals surface area contributed by atoms with Crippen LogP contribution in [0.25, 0.3) is 33.4 Å². The van der Waals surface area contributed by atoms with Crippen LogP contribution in [0.4, 0.5) is 0 Å². The van der Waals surface area contributed by atoms with E-state index in [0.717, 1.165) is 45.3 Å². The number of benzene rings is 4. The summed E-state index contributed by atoms with van der Waals surface area (Å²) < 4.78 is 11.7. The maximum atomic E-state index is 5.89. The monoisotopic (exact) mass is 608 g/mol. The summed E-state index contributed by atoms with van der Waals surface area (Å²) in [6.45, 7) is 21.9. The molecule has 4 aromatic rings. The first-order chi connectivity index (χ1) is 22.2. The topological polar surface area (TPSA) is 18.5 Å². The van der Waals surface area contributed by atoms with E-state index in [1.165, 1.54) is 67.2 Å². The first-order valence-corrected chi connectivity index (χ1v) is 16.7. The molecule has 0 heterocycles. The van der Waals surface area contributed by atoms with Gasteiger partial charge >= 0.3 is 0 Å². The first-order valence-electron chi connectivity index (χ1n) is 16.7. The van der Waals surface area contributed by atoms with E-state index in [-0.39, 0.29) is 0 Å². The van der Waals surface area contributed by atoms with E-state index in [2.05, 4.69) is 100.0 Å². The Kier molecular flexibility index (Phi) is 10.8. The van der Waals surface area contributed by atoms with Crippen LogP contribution in [0.15, 0.2) is 140 Å². The number of hydrogen-bond acceptors (Lipinski definition) is 2. The van der Waals surface area contributed by atoms with Gasteiger partial charge in [0.1, 0.15) is 23.0 Å². The van der Waals surface area contributed by atoms with Crippen LogP contribution in [0, 0.1) is 5.92 Å². The summed E-state index contributed by atoms with van der Waals surface area (Å²) in [6, 6.07) is 32.5. The molecule has 1 aliphatic carbocycles. The van der Waals surface area contributed by atoms with Crippen molar-refractivity contribution in [1.29, 1.82) is 0 Å². The second-order valence-electron chi connectivity index (χ2n) is 12.9. The average molecular weight is 609 g/mol. The Bertz CT molecular complexity index is 1680. The van der Waals surface area contributed by atoms with Gasteiger partial charge in [0.2, 0.25) is 0 Å². The number of allylic oxidation sites excluding steroid dienone is 2. The molecule has 0 amide bonds. The van der Waals surface area contributed by atoms with Crippen molar-refractivity contribution in [3.05, 3.63) is 146 Å². The molecule has 1 aliphatic rings. The molecular weight excluding hydrogens is 560 g/mol. The molecule has 0 aliphatic heterocycles. The molecule has 1 saturated carbocycles. The molecule has 4 aromatic carbocycles. The number of unbranched alkanes of at least 4 members (excludes halogenated alkanes) is 1. The zero-order valence-corrected chi connectivity index (χ0v) is 27.9. The first kappa shape index (κ1) is 32.8. The van der Waals surface area contributed by atoms with E-state index in [4.69, 9.17) is 9.47 Å². The third kappa shape index (κ3) is 8.17. The van der Waals surface area contributed by atoms with Crippen LogP contribution in [-0.4, -0.2) is 0 Å². The highest BCUT2D eigenvalue weighted by molar-refractivity contribution is 5.87. The molecule has 0 atom stereocenters. The van der Waals surface area contributed by atoms with Gasteiger partial charge in [0.05, 0.1) is 0 Å². The minimum atomic E-state index is 0.577. The van der Waals surface area contributed by atoms with E-state index >= 15 is 0 Å². The lowest BCUT2D eigenvalue weighted by Gasteiger charge is -2.29. The van der Waals surface area contributed by atoms with E-state index in [1.54, 1.807) is 0 Å². The zero-order valence-electron chi connectivity index (χ0n) is 27.9. The molecule has 0 N–H and O–H groups in total. The lowest BCUT2D eigenvalue weighted by atomic mass is 9.77. The van der Waals surface area contributed by atoms with Gasteiger partial charge in [0.25, 0.3) is 0 Å². The fourth-order valence-corrected chi connectivity index (χ4v) is 6.30. The van der Waals surface area contributed by atoms with Gasteiger partial charge in [-0.1, -0.05) is 113 Å². The van der Waals surface area contributed by atoms with Crippen LogP contribution in [0.1, 0.15) is 77.2 Å². The molecule has 0 radical (unpaired) electrons. The standard InChI is InChI=1S/C44H48O2/c1-8-9-10-34-11-13-35(14-12-34)36-15-17-39(18-16-36)44-29-40(37-19-24-41(25-20-37)45-32(6)30(2)3)23-28-43(44)38-21-26-42(27-22-38)46-33(7)31(4)5/h15-29,34-35H,2,4,6-14H2,1,3,5H3. The quantitative estimate of drug-likeness (QED) is 0.111. The molecule has 1 fully saturated rings. The predicted octanol–water partition coefficient (Wildman–Crippen LogP) is 13.1. The van der Waals surface area contributed by atoms with Gasteiger partial charge in [0.15, 0.2) is 0 Å². The van der Waals surface area contributed by atoms with Gasteiger partial charge in [-0.15, -0.1) is 0 Å². The summed E-state index contributed by atoms with van der Waals surface area (Å²) in [5.74, 6) is 4.24. The summed E-state index contributed by atoms with van der Waals surface area (Å²) >= 11 is 0. The van der Waals surface area contributed by atoms with Crippen molar-refractivity contribution < 1.29 is 9.47 Å². The van der Waals surface area contributed by atoms with Crippen molar-refractivity contribution in [2.24, 2.45) is 5.92 Å². The number of rotatable bonds is 13. The summed E-state index contributed by atoms with van der Waals surface area (Å²) in [6.07, 6.45) is 9.41. The van der Waals surface area contributed by atoms with Gasteiger partial charge in [0, 0.05) is 0 Å². The summed E-state index contributed by atoms with van der Waals surface area (Å²) in [5.41, 5.74) is 10.1. The van der Waals surface area contributed by atoms with E-state index in [0.29, 0.717) is 17.4 Å². The molecule has 236 valence electrons. The number of hydrogen-bond donors (Lipinski definition) is 0. The van der Waals surface area contributed by atoms with Crippen LogP contribution in [-0.2, 0) is 0 Å². The predicted molar refractivity (Wildman–Crippen MR) is 196 cm³/mol. The highest BCUT2D eigenvalue weighted by Crippen LogP contribution is 2.40. The Morgan fingerprint density at radius 1 is 0.587 bits per heavy atom. The Morgan fingerprint density at radius 3 is 1.59 bits per heavy atom. The van der Waals surface area contributed by atoms with Crippen LogP contribution in [0.3, 0.4) is 0 Å². The van der Waals surface area contributed by atoms with E-state index in [1.807, 2.05) is 38.1 Å². The van der Waals surface area contributed by atoms with Crippen molar-refractivity contribution in [2.75, 3.05) is 0 Å². The molecule has 2 heteroatoms. The molecule has 0 unspecified atom stereocenters. The molecule has 0 spiro atoms. The molecule has 0 bridgehead atoms. The average Bonchev–Trinajstić information content (AvgIpc) is 3.08. The Balaban J connectivity index is 1.44. The minimum absolute atomic E-state index is 0.577.